The molecule has 106 valence electrons. The number of aryl methyl sites for hydroxylation is 1. The lowest BCUT2D eigenvalue weighted by molar-refractivity contribution is -0.384. The Morgan fingerprint density at radius 3 is 2.90 bits per heavy atom. The average molecular weight is 306 g/mol. The number of ether oxygens (including phenoxy) is 1. The van der Waals surface area contributed by atoms with Gasteiger partial charge in [0.25, 0.3) is 11.5 Å². The van der Waals surface area contributed by atoms with Crippen LogP contribution < -0.4 is 4.74 Å². The Morgan fingerprint density at radius 2 is 2.19 bits per heavy atom. The van der Waals surface area contributed by atoms with Crippen LogP contribution in [0.1, 0.15) is 5.69 Å². The van der Waals surface area contributed by atoms with E-state index in [0.29, 0.717) is 17.4 Å². The number of halogens is 1. The molecule has 21 heavy (non-hydrogen) atoms. The highest BCUT2D eigenvalue weighted by molar-refractivity contribution is 6.32. The van der Waals surface area contributed by atoms with E-state index in [1.807, 2.05) is 0 Å². The smallest absolute Gasteiger partial charge is 0.271 e. The summed E-state index contributed by atoms with van der Waals surface area (Å²) in [6.07, 6.45) is 1.35. The zero-order valence-corrected chi connectivity index (χ0v) is 11.5. The van der Waals surface area contributed by atoms with E-state index >= 15 is 0 Å². The van der Waals surface area contributed by atoms with Crippen molar-refractivity contribution in [3.63, 3.8) is 0 Å². The van der Waals surface area contributed by atoms with Crippen molar-refractivity contribution >= 4 is 23.1 Å². The fraction of sp³-hybridized carbons (Fsp3) is 0.0833. The first kappa shape index (κ1) is 13.3. The fourth-order valence-electron chi connectivity index (χ4n) is 1.77. The Bertz CT molecular complexity index is 848. The summed E-state index contributed by atoms with van der Waals surface area (Å²) in [5.41, 5.74) is 0.590. The molecule has 0 bridgehead atoms. The van der Waals surface area contributed by atoms with Crippen LogP contribution in [-0.2, 0) is 0 Å². The van der Waals surface area contributed by atoms with Gasteiger partial charge in [-0.2, -0.15) is 14.6 Å². The average Bonchev–Trinajstić information content (AvgIpc) is 2.88. The summed E-state index contributed by atoms with van der Waals surface area (Å²) >= 11 is 6.00. The topological polar surface area (TPSA) is 95.5 Å². The van der Waals surface area contributed by atoms with Gasteiger partial charge in [-0.15, -0.1) is 0 Å². The quantitative estimate of drug-likeness (QED) is 0.545. The Balaban J connectivity index is 2.02. The van der Waals surface area contributed by atoms with Gasteiger partial charge in [0.05, 0.1) is 9.95 Å². The zero-order chi connectivity index (χ0) is 15.0. The van der Waals surface area contributed by atoms with Crippen LogP contribution in [-0.4, -0.2) is 24.5 Å². The third-order valence-electron chi connectivity index (χ3n) is 2.69. The van der Waals surface area contributed by atoms with Gasteiger partial charge in [0.1, 0.15) is 12.1 Å². The Hall–Kier alpha value is -2.74. The van der Waals surface area contributed by atoms with Gasteiger partial charge in [0, 0.05) is 23.9 Å². The molecule has 0 aliphatic heterocycles. The highest BCUT2D eigenvalue weighted by atomic mass is 35.5. The summed E-state index contributed by atoms with van der Waals surface area (Å²) in [5, 5.41) is 14.8. The first-order valence-electron chi connectivity index (χ1n) is 5.84. The number of nitro groups is 1. The molecule has 3 rings (SSSR count). The molecule has 2 aromatic heterocycles. The summed E-state index contributed by atoms with van der Waals surface area (Å²) in [7, 11) is 0. The predicted molar refractivity (Wildman–Crippen MR) is 73.7 cm³/mol. The molecule has 2 heterocycles. The van der Waals surface area contributed by atoms with Gasteiger partial charge >= 0.3 is 0 Å². The van der Waals surface area contributed by atoms with Crippen LogP contribution in [0.2, 0.25) is 5.02 Å². The number of fused-ring (bicyclic) bond motifs is 1. The van der Waals surface area contributed by atoms with E-state index in [4.69, 9.17) is 16.3 Å². The Morgan fingerprint density at radius 1 is 1.38 bits per heavy atom. The maximum Gasteiger partial charge on any atom is 0.271 e. The van der Waals surface area contributed by atoms with Gasteiger partial charge in [0.15, 0.2) is 0 Å². The van der Waals surface area contributed by atoms with E-state index < -0.39 is 4.92 Å². The maximum absolute atomic E-state index is 10.7. The fourth-order valence-corrected chi connectivity index (χ4v) is 1.98. The Kier molecular flexibility index (Phi) is 3.15. The third-order valence-corrected chi connectivity index (χ3v) is 2.98. The molecule has 0 fully saturated rings. The lowest BCUT2D eigenvalue weighted by Gasteiger charge is -2.08. The van der Waals surface area contributed by atoms with E-state index in [9.17, 15) is 10.1 Å². The van der Waals surface area contributed by atoms with Crippen molar-refractivity contribution in [3.05, 3.63) is 51.4 Å². The van der Waals surface area contributed by atoms with Crippen LogP contribution in [0.25, 0.3) is 5.78 Å². The van der Waals surface area contributed by atoms with Crippen LogP contribution in [0.3, 0.4) is 0 Å². The predicted octanol–water partition coefficient (Wildman–Crippen LogP) is 2.79. The summed E-state index contributed by atoms with van der Waals surface area (Å²) in [5.74, 6) is 1.04. The summed E-state index contributed by atoms with van der Waals surface area (Å²) in [4.78, 5) is 18.3. The van der Waals surface area contributed by atoms with Gasteiger partial charge in [-0.05, 0) is 13.0 Å². The van der Waals surface area contributed by atoms with Crippen LogP contribution in [0.5, 0.6) is 11.6 Å². The number of hydrogen-bond acceptors (Lipinski definition) is 6. The molecule has 0 spiro atoms. The SMILES string of the molecule is Cc1cc(Oc2ccc([N+](=O)[O-])cc2Cl)n2ncnc2n1. The van der Waals surface area contributed by atoms with Crippen molar-refractivity contribution in [2.45, 2.75) is 6.92 Å². The van der Waals surface area contributed by atoms with Gasteiger partial charge < -0.3 is 4.74 Å². The molecule has 0 aliphatic carbocycles. The third kappa shape index (κ3) is 2.48. The van der Waals surface area contributed by atoms with Crippen molar-refractivity contribution in [2.24, 2.45) is 0 Å². The second-order valence-corrected chi connectivity index (χ2v) is 4.59. The van der Waals surface area contributed by atoms with Crippen molar-refractivity contribution in [2.75, 3.05) is 0 Å². The van der Waals surface area contributed by atoms with Crippen LogP contribution in [0.4, 0.5) is 5.69 Å². The molecule has 1 aromatic carbocycles. The minimum absolute atomic E-state index is 0.107. The molecule has 0 saturated carbocycles. The minimum atomic E-state index is -0.526. The first-order valence-corrected chi connectivity index (χ1v) is 6.21. The molecule has 0 saturated heterocycles. The van der Waals surface area contributed by atoms with Gasteiger partial charge in [-0.3, -0.25) is 10.1 Å². The van der Waals surface area contributed by atoms with Crippen molar-refractivity contribution in [1.29, 1.82) is 0 Å². The minimum Gasteiger partial charge on any atom is -0.437 e. The van der Waals surface area contributed by atoms with Crippen molar-refractivity contribution in [3.8, 4) is 11.6 Å². The summed E-state index contributed by atoms with van der Waals surface area (Å²) < 4.78 is 7.07. The number of rotatable bonds is 3. The van der Waals surface area contributed by atoms with Gasteiger partial charge in [0.2, 0.25) is 5.88 Å². The van der Waals surface area contributed by atoms with Gasteiger partial charge in [-0.25, -0.2) is 4.98 Å². The number of nitrogens with zero attached hydrogens (tertiary/aromatic N) is 5. The van der Waals surface area contributed by atoms with Crippen LogP contribution in [0.15, 0.2) is 30.6 Å². The van der Waals surface area contributed by atoms with E-state index in [1.54, 1.807) is 13.0 Å². The lowest BCUT2D eigenvalue weighted by atomic mass is 10.3. The molecule has 0 N–H and O–H groups in total. The van der Waals surface area contributed by atoms with Crippen LogP contribution in [0, 0.1) is 17.0 Å². The molecule has 8 nitrogen and oxygen atoms in total. The second-order valence-electron chi connectivity index (χ2n) is 4.18. The summed E-state index contributed by atoms with van der Waals surface area (Å²) in [6, 6.07) is 5.63. The molecule has 0 unspecified atom stereocenters. The molecule has 3 aromatic rings. The van der Waals surface area contributed by atoms with Gasteiger partial charge in [-0.1, -0.05) is 11.6 Å². The van der Waals surface area contributed by atoms with Crippen molar-refractivity contribution in [1.82, 2.24) is 19.6 Å². The molecule has 0 radical (unpaired) electrons. The molecule has 0 amide bonds. The number of nitro benzene ring substituents is 1. The molecule has 0 atom stereocenters. The molecule has 0 aliphatic rings. The van der Waals surface area contributed by atoms with E-state index in [1.165, 1.54) is 29.0 Å². The second kappa shape index (κ2) is 4.98. The highest BCUT2D eigenvalue weighted by Gasteiger charge is 2.13. The number of benzene rings is 1. The van der Waals surface area contributed by atoms with E-state index in [2.05, 4.69) is 15.1 Å². The molecular weight excluding hydrogens is 298 g/mol. The number of hydrogen-bond donors (Lipinski definition) is 0. The largest absolute Gasteiger partial charge is 0.437 e. The summed E-state index contributed by atoms with van der Waals surface area (Å²) in [6.45, 7) is 1.79. The molecule has 9 heteroatoms. The van der Waals surface area contributed by atoms with E-state index in [0.717, 1.165) is 0 Å². The van der Waals surface area contributed by atoms with E-state index in [-0.39, 0.29) is 16.5 Å². The number of aromatic nitrogens is 4. The molecular formula is C12H8ClN5O3. The van der Waals surface area contributed by atoms with Crippen LogP contribution >= 0.6 is 11.6 Å². The van der Waals surface area contributed by atoms with Crippen molar-refractivity contribution < 1.29 is 9.66 Å². The lowest BCUT2D eigenvalue weighted by Crippen LogP contribution is -1.99. The highest BCUT2D eigenvalue weighted by Crippen LogP contribution is 2.32. The standard InChI is InChI=1S/C12H8ClN5O3/c1-7-4-11(17-12(16-7)14-6-15-17)21-10-3-2-8(18(19)20)5-9(10)13/h2-6H,1H3. The first-order chi connectivity index (χ1) is 10.0. The monoisotopic (exact) mass is 305 g/mol. The normalized spacial score (nSPS) is 10.8. The maximum atomic E-state index is 10.7. The zero-order valence-electron chi connectivity index (χ0n) is 10.7. The Labute approximate surface area is 123 Å². The number of non-ortho nitro benzene ring substituents is 1.